The van der Waals surface area contributed by atoms with Crippen LogP contribution in [0.1, 0.15) is 19.8 Å². The maximum atomic E-state index is 5.83. The van der Waals surface area contributed by atoms with Crippen molar-refractivity contribution in [2.24, 2.45) is 0 Å². The molecule has 0 saturated carbocycles. The van der Waals surface area contributed by atoms with E-state index in [4.69, 9.17) is 34.8 Å². The summed E-state index contributed by atoms with van der Waals surface area (Å²) in [5.74, 6) is 0.521. The Morgan fingerprint density at radius 2 is 1.90 bits per heavy atom. The first-order valence-electron chi connectivity index (χ1n) is 3.21. The van der Waals surface area contributed by atoms with E-state index in [-0.39, 0.29) is 0 Å². The third-order valence-electron chi connectivity index (χ3n) is 1.19. The second-order valence-electron chi connectivity index (χ2n) is 2.04. The number of halogens is 3. The van der Waals surface area contributed by atoms with Crippen LogP contribution in [0.3, 0.4) is 0 Å². The standard InChI is InChI=1S/C7H11Cl3/c1-2-7(9,10)5-3-4-6-8/h3-4H,2,5-6H2,1H3/b4-3+. The van der Waals surface area contributed by atoms with Crippen molar-refractivity contribution in [3.05, 3.63) is 12.2 Å². The zero-order chi connectivity index (χ0) is 8.04. The van der Waals surface area contributed by atoms with Gasteiger partial charge in [0.15, 0.2) is 0 Å². The van der Waals surface area contributed by atoms with E-state index < -0.39 is 4.33 Å². The summed E-state index contributed by atoms with van der Waals surface area (Å²) in [6, 6.07) is 0. The Balaban J connectivity index is 3.56. The highest BCUT2D eigenvalue weighted by Gasteiger charge is 2.18. The van der Waals surface area contributed by atoms with Crippen molar-refractivity contribution in [3.8, 4) is 0 Å². The van der Waals surface area contributed by atoms with E-state index in [2.05, 4.69) is 0 Å². The largest absolute Gasteiger partial charge is 0.122 e. The zero-order valence-electron chi connectivity index (χ0n) is 5.91. The number of hydrogen-bond donors (Lipinski definition) is 0. The lowest BCUT2D eigenvalue weighted by Crippen LogP contribution is -2.08. The Labute approximate surface area is 77.1 Å². The second kappa shape index (κ2) is 5.29. The second-order valence-corrected chi connectivity index (χ2v) is 3.99. The Morgan fingerprint density at radius 3 is 2.30 bits per heavy atom. The summed E-state index contributed by atoms with van der Waals surface area (Å²) < 4.78 is -0.609. The van der Waals surface area contributed by atoms with Gasteiger partial charge in [0, 0.05) is 5.88 Å². The highest BCUT2D eigenvalue weighted by molar-refractivity contribution is 6.48. The molecule has 0 nitrogen and oxygen atoms in total. The molecule has 0 aromatic rings. The Hall–Kier alpha value is 0.610. The van der Waals surface area contributed by atoms with Crippen molar-refractivity contribution in [1.82, 2.24) is 0 Å². The van der Waals surface area contributed by atoms with Crippen LogP contribution in [0.25, 0.3) is 0 Å². The van der Waals surface area contributed by atoms with E-state index in [1.807, 2.05) is 19.1 Å². The van der Waals surface area contributed by atoms with Crippen LogP contribution in [0.4, 0.5) is 0 Å². The molecule has 0 rings (SSSR count). The van der Waals surface area contributed by atoms with Gasteiger partial charge in [-0.1, -0.05) is 19.1 Å². The average molecular weight is 202 g/mol. The predicted octanol–water partition coefficient (Wildman–Crippen LogP) is 3.76. The molecule has 0 fully saturated rings. The smallest absolute Gasteiger partial charge is 0.121 e. The van der Waals surface area contributed by atoms with E-state index in [1.165, 1.54) is 0 Å². The van der Waals surface area contributed by atoms with Crippen LogP contribution in [0, 0.1) is 0 Å². The molecule has 0 spiro atoms. The monoisotopic (exact) mass is 200 g/mol. The van der Waals surface area contributed by atoms with Crippen LogP contribution >= 0.6 is 34.8 Å². The van der Waals surface area contributed by atoms with Crippen LogP contribution in [0.2, 0.25) is 0 Å². The van der Waals surface area contributed by atoms with E-state index in [9.17, 15) is 0 Å². The fraction of sp³-hybridized carbons (Fsp3) is 0.714. The van der Waals surface area contributed by atoms with Gasteiger partial charge in [-0.25, -0.2) is 0 Å². The van der Waals surface area contributed by atoms with E-state index in [1.54, 1.807) is 0 Å². The minimum atomic E-state index is -0.609. The molecule has 0 heterocycles. The summed E-state index contributed by atoms with van der Waals surface area (Å²) >= 11 is 17.1. The van der Waals surface area contributed by atoms with Gasteiger partial charge in [0.05, 0.1) is 0 Å². The van der Waals surface area contributed by atoms with Gasteiger partial charge in [-0.3, -0.25) is 0 Å². The molecular formula is C7H11Cl3. The molecule has 0 saturated heterocycles. The topological polar surface area (TPSA) is 0 Å². The third-order valence-corrected chi connectivity index (χ3v) is 2.21. The molecule has 0 aliphatic carbocycles. The third kappa shape index (κ3) is 5.40. The van der Waals surface area contributed by atoms with E-state index in [0.717, 1.165) is 6.42 Å². The number of rotatable bonds is 4. The SMILES string of the molecule is CCC(Cl)(Cl)C/C=C/CCl. The van der Waals surface area contributed by atoms with E-state index >= 15 is 0 Å². The van der Waals surface area contributed by atoms with Crippen LogP contribution in [0.5, 0.6) is 0 Å². The van der Waals surface area contributed by atoms with Crippen LogP contribution in [0.15, 0.2) is 12.2 Å². The molecular weight excluding hydrogens is 190 g/mol. The van der Waals surface area contributed by atoms with Crippen molar-refractivity contribution in [1.29, 1.82) is 0 Å². The van der Waals surface area contributed by atoms with Gasteiger partial charge in [-0.2, -0.15) is 0 Å². The zero-order valence-corrected chi connectivity index (χ0v) is 8.18. The molecule has 60 valence electrons. The van der Waals surface area contributed by atoms with Gasteiger partial charge >= 0.3 is 0 Å². The maximum absolute atomic E-state index is 5.83. The lowest BCUT2D eigenvalue weighted by atomic mass is 10.2. The fourth-order valence-electron chi connectivity index (χ4n) is 0.463. The van der Waals surface area contributed by atoms with Crippen LogP contribution in [-0.2, 0) is 0 Å². The first kappa shape index (κ1) is 10.6. The molecule has 0 radical (unpaired) electrons. The Kier molecular flexibility index (Phi) is 5.61. The molecule has 0 aromatic carbocycles. The lowest BCUT2D eigenvalue weighted by molar-refractivity contribution is 0.754. The van der Waals surface area contributed by atoms with Crippen molar-refractivity contribution in [2.75, 3.05) is 5.88 Å². The number of hydrogen-bond acceptors (Lipinski definition) is 0. The van der Waals surface area contributed by atoms with Crippen molar-refractivity contribution in [3.63, 3.8) is 0 Å². The quantitative estimate of drug-likeness (QED) is 0.480. The lowest BCUT2D eigenvalue weighted by Gasteiger charge is -2.13. The fourth-order valence-corrected chi connectivity index (χ4v) is 0.767. The number of alkyl halides is 3. The highest BCUT2D eigenvalue weighted by atomic mass is 35.5. The highest BCUT2D eigenvalue weighted by Crippen LogP contribution is 2.29. The summed E-state index contributed by atoms with van der Waals surface area (Å²) in [7, 11) is 0. The van der Waals surface area contributed by atoms with Gasteiger partial charge in [-0.15, -0.1) is 34.8 Å². The summed E-state index contributed by atoms with van der Waals surface area (Å²) in [6.45, 7) is 1.95. The van der Waals surface area contributed by atoms with Gasteiger partial charge in [-0.05, 0) is 12.8 Å². The van der Waals surface area contributed by atoms with Crippen LogP contribution in [-0.4, -0.2) is 10.2 Å². The number of allylic oxidation sites excluding steroid dienone is 2. The molecule has 0 unspecified atom stereocenters. The average Bonchev–Trinajstić information content (AvgIpc) is 1.89. The predicted molar refractivity (Wildman–Crippen MR) is 49.2 cm³/mol. The molecule has 3 heteroatoms. The first-order chi connectivity index (χ1) is 4.62. The minimum Gasteiger partial charge on any atom is -0.122 e. The van der Waals surface area contributed by atoms with Gasteiger partial charge in [0.25, 0.3) is 0 Å². The van der Waals surface area contributed by atoms with Crippen molar-refractivity contribution < 1.29 is 0 Å². The van der Waals surface area contributed by atoms with Crippen LogP contribution < -0.4 is 0 Å². The minimum absolute atomic E-state index is 0.521. The molecule has 10 heavy (non-hydrogen) atoms. The molecule has 0 N–H and O–H groups in total. The van der Waals surface area contributed by atoms with E-state index in [0.29, 0.717) is 12.3 Å². The van der Waals surface area contributed by atoms with Gasteiger partial charge < -0.3 is 0 Å². The van der Waals surface area contributed by atoms with Crippen molar-refractivity contribution in [2.45, 2.75) is 24.1 Å². The van der Waals surface area contributed by atoms with Crippen molar-refractivity contribution >= 4 is 34.8 Å². The molecule has 0 bridgehead atoms. The maximum Gasteiger partial charge on any atom is 0.121 e. The van der Waals surface area contributed by atoms with Gasteiger partial charge in [0.1, 0.15) is 4.33 Å². The molecule has 0 atom stereocenters. The summed E-state index contributed by atoms with van der Waals surface area (Å²) in [5, 5.41) is 0. The summed E-state index contributed by atoms with van der Waals surface area (Å²) in [6.07, 6.45) is 5.16. The Morgan fingerprint density at radius 1 is 1.30 bits per heavy atom. The molecule has 0 aromatic heterocycles. The summed E-state index contributed by atoms with van der Waals surface area (Å²) in [4.78, 5) is 0. The molecule has 0 aliphatic rings. The normalized spacial score (nSPS) is 12.8. The first-order valence-corrected chi connectivity index (χ1v) is 4.50. The van der Waals surface area contributed by atoms with Gasteiger partial charge in [0.2, 0.25) is 0 Å². The molecule has 0 amide bonds. The summed E-state index contributed by atoms with van der Waals surface area (Å²) in [5.41, 5.74) is 0. The molecule has 0 aliphatic heterocycles. The Bertz CT molecular complexity index is 107.